The molecular weight excluding hydrogens is 344 g/mol. The van der Waals surface area contributed by atoms with E-state index in [1.54, 1.807) is 7.11 Å². The van der Waals surface area contributed by atoms with Gasteiger partial charge < -0.3 is 19.3 Å². The number of morpholine rings is 1. The lowest BCUT2D eigenvalue weighted by atomic mass is 9.87. The van der Waals surface area contributed by atoms with Gasteiger partial charge >= 0.3 is 0 Å². The van der Waals surface area contributed by atoms with E-state index in [4.69, 9.17) is 9.47 Å². The molecule has 0 N–H and O–H groups in total. The minimum Gasteiger partial charge on any atom is -0.497 e. The molecular formula is C21H30N2O4. The number of carbonyl (C=O) groups excluding carboxylic acids is 2. The molecule has 0 saturated carbocycles. The van der Waals surface area contributed by atoms with Crippen molar-refractivity contribution in [1.82, 2.24) is 9.80 Å². The zero-order valence-electron chi connectivity index (χ0n) is 16.5. The van der Waals surface area contributed by atoms with Crippen molar-refractivity contribution in [2.45, 2.75) is 38.6 Å². The Morgan fingerprint density at radius 1 is 1.11 bits per heavy atom. The fourth-order valence-electron chi connectivity index (χ4n) is 4.08. The van der Waals surface area contributed by atoms with Crippen LogP contribution in [0.5, 0.6) is 5.75 Å². The van der Waals surface area contributed by atoms with Crippen LogP contribution in [0.2, 0.25) is 0 Å². The van der Waals surface area contributed by atoms with E-state index >= 15 is 0 Å². The lowest BCUT2D eigenvalue weighted by Gasteiger charge is -2.34. The highest BCUT2D eigenvalue weighted by atomic mass is 16.5. The first-order chi connectivity index (χ1) is 13.0. The molecule has 1 aromatic rings. The van der Waals surface area contributed by atoms with Crippen LogP contribution >= 0.6 is 0 Å². The number of rotatable bonds is 5. The summed E-state index contributed by atoms with van der Waals surface area (Å²) in [6, 6.07) is 7.35. The standard InChI is InChI=1S/C21H30N2O4/c1-15(2)19(16-6-8-17(26-3)9-7-16)21(25)23-10-4-5-18(23)20(24)22-11-13-27-14-12-22/h6-9,15,18-19H,4-5,10-14H2,1-3H3/t18-,19?/m1/s1. The highest BCUT2D eigenvalue weighted by Gasteiger charge is 2.40. The zero-order valence-corrected chi connectivity index (χ0v) is 16.5. The number of methoxy groups -OCH3 is 1. The number of nitrogens with zero attached hydrogens (tertiary/aromatic N) is 2. The number of hydrogen-bond acceptors (Lipinski definition) is 4. The van der Waals surface area contributed by atoms with Crippen molar-refractivity contribution < 1.29 is 19.1 Å². The predicted molar refractivity (Wildman–Crippen MR) is 103 cm³/mol. The molecule has 148 valence electrons. The van der Waals surface area contributed by atoms with Gasteiger partial charge in [-0.2, -0.15) is 0 Å². The Labute approximate surface area is 161 Å². The summed E-state index contributed by atoms with van der Waals surface area (Å²) in [6.07, 6.45) is 1.62. The van der Waals surface area contributed by atoms with E-state index in [-0.39, 0.29) is 29.7 Å². The van der Waals surface area contributed by atoms with E-state index in [9.17, 15) is 9.59 Å². The third kappa shape index (κ3) is 4.26. The average Bonchev–Trinajstić information content (AvgIpc) is 3.18. The van der Waals surface area contributed by atoms with Crippen LogP contribution in [0.1, 0.15) is 38.2 Å². The number of carbonyl (C=O) groups is 2. The lowest BCUT2D eigenvalue weighted by Crippen LogP contribution is -2.52. The summed E-state index contributed by atoms with van der Waals surface area (Å²) >= 11 is 0. The van der Waals surface area contributed by atoms with Gasteiger partial charge in [-0.05, 0) is 36.5 Å². The Morgan fingerprint density at radius 2 is 1.78 bits per heavy atom. The Hall–Kier alpha value is -2.08. The summed E-state index contributed by atoms with van der Waals surface area (Å²) in [5, 5.41) is 0. The van der Waals surface area contributed by atoms with Crippen molar-refractivity contribution in [3.63, 3.8) is 0 Å². The summed E-state index contributed by atoms with van der Waals surface area (Å²) in [6.45, 7) is 7.15. The second-order valence-corrected chi connectivity index (χ2v) is 7.62. The molecule has 2 aliphatic rings. The van der Waals surface area contributed by atoms with Gasteiger partial charge in [-0.1, -0.05) is 26.0 Å². The van der Waals surface area contributed by atoms with Crippen molar-refractivity contribution in [2.75, 3.05) is 40.0 Å². The minimum absolute atomic E-state index is 0.0549. The van der Waals surface area contributed by atoms with E-state index in [1.807, 2.05) is 34.1 Å². The predicted octanol–water partition coefficient (Wildman–Crippen LogP) is 2.28. The SMILES string of the molecule is COc1ccc(C(C(=O)N2CCC[C@@H]2C(=O)N2CCOCC2)C(C)C)cc1. The average molecular weight is 374 g/mol. The molecule has 0 aliphatic carbocycles. The molecule has 0 bridgehead atoms. The number of ether oxygens (including phenoxy) is 2. The lowest BCUT2D eigenvalue weighted by molar-refractivity contribution is -0.147. The van der Waals surface area contributed by atoms with Crippen LogP contribution in [0.4, 0.5) is 0 Å². The summed E-state index contributed by atoms with van der Waals surface area (Å²) < 4.78 is 10.6. The molecule has 1 unspecified atom stereocenters. The monoisotopic (exact) mass is 374 g/mol. The maximum Gasteiger partial charge on any atom is 0.245 e. The zero-order chi connectivity index (χ0) is 19.4. The van der Waals surface area contributed by atoms with Crippen molar-refractivity contribution in [1.29, 1.82) is 0 Å². The van der Waals surface area contributed by atoms with Gasteiger partial charge in [0.2, 0.25) is 11.8 Å². The van der Waals surface area contributed by atoms with E-state index in [1.165, 1.54) is 0 Å². The van der Waals surface area contributed by atoms with Crippen LogP contribution in [0, 0.1) is 5.92 Å². The maximum atomic E-state index is 13.4. The molecule has 2 heterocycles. The van der Waals surface area contributed by atoms with Gasteiger partial charge in [0.1, 0.15) is 11.8 Å². The summed E-state index contributed by atoms with van der Waals surface area (Å²) in [5.41, 5.74) is 0.972. The second-order valence-electron chi connectivity index (χ2n) is 7.62. The summed E-state index contributed by atoms with van der Waals surface area (Å²) in [5.74, 6) is 0.788. The third-order valence-electron chi connectivity index (χ3n) is 5.55. The molecule has 6 nitrogen and oxygen atoms in total. The Kier molecular flexibility index (Phi) is 6.37. The normalized spacial score (nSPS) is 21.4. The molecule has 2 aliphatic heterocycles. The molecule has 2 fully saturated rings. The second kappa shape index (κ2) is 8.74. The molecule has 0 spiro atoms. The largest absolute Gasteiger partial charge is 0.497 e. The molecule has 6 heteroatoms. The minimum atomic E-state index is -0.338. The maximum absolute atomic E-state index is 13.4. The first-order valence-electron chi connectivity index (χ1n) is 9.84. The van der Waals surface area contributed by atoms with Gasteiger partial charge in [0.25, 0.3) is 0 Å². The van der Waals surface area contributed by atoms with E-state index in [0.717, 1.165) is 24.2 Å². The first-order valence-corrected chi connectivity index (χ1v) is 9.84. The van der Waals surface area contributed by atoms with Crippen LogP contribution < -0.4 is 4.74 Å². The van der Waals surface area contributed by atoms with E-state index in [2.05, 4.69) is 13.8 Å². The Morgan fingerprint density at radius 3 is 2.37 bits per heavy atom. The van der Waals surface area contributed by atoms with Crippen LogP contribution in [-0.4, -0.2) is 67.6 Å². The number of amides is 2. The van der Waals surface area contributed by atoms with Crippen molar-refractivity contribution in [3.8, 4) is 5.75 Å². The molecule has 2 saturated heterocycles. The topological polar surface area (TPSA) is 59.1 Å². The van der Waals surface area contributed by atoms with Crippen LogP contribution in [0.25, 0.3) is 0 Å². The van der Waals surface area contributed by atoms with Crippen LogP contribution in [-0.2, 0) is 14.3 Å². The quantitative estimate of drug-likeness (QED) is 0.793. The third-order valence-corrected chi connectivity index (χ3v) is 5.55. The number of benzene rings is 1. The van der Waals surface area contributed by atoms with E-state index < -0.39 is 0 Å². The van der Waals surface area contributed by atoms with Crippen molar-refractivity contribution in [3.05, 3.63) is 29.8 Å². The van der Waals surface area contributed by atoms with Gasteiger partial charge in [-0.25, -0.2) is 0 Å². The fourth-order valence-corrected chi connectivity index (χ4v) is 4.08. The number of likely N-dealkylation sites (tertiary alicyclic amines) is 1. The number of hydrogen-bond donors (Lipinski definition) is 0. The van der Waals surface area contributed by atoms with E-state index in [0.29, 0.717) is 32.8 Å². The fraction of sp³-hybridized carbons (Fsp3) is 0.619. The van der Waals surface area contributed by atoms with Gasteiger partial charge in [0.05, 0.1) is 26.2 Å². The smallest absolute Gasteiger partial charge is 0.245 e. The Balaban J connectivity index is 1.78. The molecule has 2 atom stereocenters. The van der Waals surface area contributed by atoms with Gasteiger partial charge in [0, 0.05) is 19.6 Å². The highest BCUT2D eigenvalue weighted by molar-refractivity contribution is 5.91. The molecule has 3 rings (SSSR count). The molecule has 27 heavy (non-hydrogen) atoms. The molecule has 2 amide bonds. The van der Waals surface area contributed by atoms with Crippen molar-refractivity contribution >= 4 is 11.8 Å². The van der Waals surface area contributed by atoms with Crippen LogP contribution in [0.15, 0.2) is 24.3 Å². The van der Waals surface area contributed by atoms with Gasteiger partial charge in [-0.3, -0.25) is 9.59 Å². The molecule has 0 radical (unpaired) electrons. The molecule has 1 aromatic carbocycles. The summed E-state index contributed by atoms with van der Waals surface area (Å²) in [7, 11) is 1.63. The van der Waals surface area contributed by atoms with Gasteiger partial charge in [-0.15, -0.1) is 0 Å². The van der Waals surface area contributed by atoms with Crippen LogP contribution in [0.3, 0.4) is 0 Å². The van der Waals surface area contributed by atoms with Crippen molar-refractivity contribution in [2.24, 2.45) is 5.92 Å². The summed E-state index contributed by atoms with van der Waals surface area (Å²) in [4.78, 5) is 30.1. The highest BCUT2D eigenvalue weighted by Crippen LogP contribution is 2.32. The Bertz CT molecular complexity index is 653. The van der Waals surface area contributed by atoms with Gasteiger partial charge in [0.15, 0.2) is 0 Å². The first kappa shape index (κ1) is 19.7. The molecule has 0 aromatic heterocycles.